The number of carboxylic acid groups (broad SMARTS) is 1. The number of fused-ring (bicyclic) bond motifs is 1. The van der Waals surface area contributed by atoms with E-state index >= 15 is 0 Å². The van der Waals surface area contributed by atoms with Gasteiger partial charge in [0.25, 0.3) is 0 Å². The minimum absolute atomic E-state index is 0.0688. The zero-order valence-corrected chi connectivity index (χ0v) is 10.4. The minimum atomic E-state index is -0.834. The molecule has 0 atom stereocenters. The summed E-state index contributed by atoms with van der Waals surface area (Å²) < 4.78 is 11.1. The van der Waals surface area contributed by atoms with Gasteiger partial charge in [-0.3, -0.25) is 4.79 Å². The lowest BCUT2D eigenvalue weighted by Gasteiger charge is -2.16. The maximum atomic E-state index is 10.5. The van der Waals surface area contributed by atoms with Gasteiger partial charge in [-0.15, -0.1) is 0 Å². The summed E-state index contributed by atoms with van der Waals surface area (Å²) in [6.07, 6.45) is 0.492. The average Bonchev–Trinajstić information content (AvgIpc) is 2.50. The highest BCUT2D eigenvalue weighted by atomic mass is 35.5. The SMILES string of the molecule is CC1(C)Oc2cc(CCC(=O)O)cc(Cl)c2O1. The van der Waals surface area contributed by atoms with E-state index in [0.717, 1.165) is 5.56 Å². The fraction of sp³-hybridized carbons (Fsp3) is 0.417. The molecule has 2 rings (SSSR count). The van der Waals surface area contributed by atoms with E-state index in [1.54, 1.807) is 26.0 Å². The van der Waals surface area contributed by atoms with E-state index in [-0.39, 0.29) is 6.42 Å². The highest BCUT2D eigenvalue weighted by Gasteiger charge is 2.33. The predicted molar refractivity (Wildman–Crippen MR) is 62.7 cm³/mol. The Labute approximate surface area is 104 Å². The Morgan fingerprint density at radius 2 is 2.12 bits per heavy atom. The van der Waals surface area contributed by atoms with Gasteiger partial charge >= 0.3 is 5.97 Å². The van der Waals surface area contributed by atoms with Gasteiger partial charge in [0.15, 0.2) is 11.5 Å². The lowest BCUT2D eigenvalue weighted by molar-refractivity contribution is -0.136. The molecule has 0 saturated carbocycles. The molecule has 0 aromatic heterocycles. The summed E-state index contributed by atoms with van der Waals surface area (Å²) in [5.74, 6) is -0.463. The molecule has 0 spiro atoms. The van der Waals surface area contributed by atoms with Gasteiger partial charge in [-0.25, -0.2) is 0 Å². The number of ether oxygens (including phenoxy) is 2. The van der Waals surface area contributed by atoms with Crippen molar-refractivity contribution in [2.75, 3.05) is 0 Å². The predicted octanol–water partition coefficient (Wildman–Crippen LogP) is 2.86. The molecule has 5 heteroatoms. The standard InChI is InChI=1S/C12H13ClO4/c1-12(2)16-9-6-7(3-4-10(14)15)5-8(13)11(9)17-12/h5-6H,3-4H2,1-2H3,(H,14,15). The fourth-order valence-electron chi connectivity index (χ4n) is 1.72. The van der Waals surface area contributed by atoms with Crippen molar-refractivity contribution in [1.29, 1.82) is 0 Å². The number of aliphatic carboxylic acids is 1. The van der Waals surface area contributed by atoms with Crippen molar-refractivity contribution in [2.24, 2.45) is 0 Å². The molecule has 0 radical (unpaired) electrons. The minimum Gasteiger partial charge on any atom is -0.481 e. The highest BCUT2D eigenvalue weighted by Crippen LogP contribution is 2.45. The van der Waals surface area contributed by atoms with Crippen LogP contribution in [0.5, 0.6) is 11.5 Å². The van der Waals surface area contributed by atoms with Gasteiger partial charge in [-0.2, -0.15) is 0 Å². The van der Waals surface area contributed by atoms with Crippen LogP contribution in [0.1, 0.15) is 25.8 Å². The number of carboxylic acids is 1. The Balaban J connectivity index is 2.24. The summed E-state index contributed by atoms with van der Waals surface area (Å²) in [6.45, 7) is 3.58. The maximum Gasteiger partial charge on any atom is 0.303 e. The first kappa shape index (κ1) is 12.0. The van der Waals surface area contributed by atoms with E-state index in [9.17, 15) is 4.79 Å². The van der Waals surface area contributed by atoms with Crippen LogP contribution >= 0.6 is 11.6 Å². The Bertz CT molecular complexity index is 468. The molecule has 92 valence electrons. The first-order valence-electron chi connectivity index (χ1n) is 5.30. The van der Waals surface area contributed by atoms with Gasteiger partial charge in [-0.1, -0.05) is 11.6 Å². The summed E-state index contributed by atoms with van der Waals surface area (Å²) >= 11 is 6.06. The van der Waals surface area contributed by atoms with Gasteiger partial charge < -0.3 is 14.6 Å². The van der Waals surface area contributed by atoms with Crippen LogP contribution in [0.3, 0.4) is 0 Å². The largest absolute Gasteiger partial charge is 0.481 e. The maximum absolute atomic E-state index is 10.5. The summed E-state index contributed by atoms with van der Waals surface area (Å²) in [5.41, 5.74) is 0.831. The van der Waals surface area contributed by atoms with Crippen LogP contribution in [0.25, 0.3) is 0 Å². The monoisotopic (exact) mass is 256 g/mol. The molecule has 1 aromatic rings. The van der Waals surface area contributed by atoms with Crippen molar-refractivity contribution in [3.8, 4) is 11.5 Å². The topological polar surface area (TPSA) is 55.8 Å². The van der Waals surface area contributed by atoms with Crippen LogP contribution in [-0.4, -0.2) is 16.9 Å². The number of halogens is 1. The van der Waals surface area contributed by atoms with Crippen LogP contribution in [0.2, 0.25) is 5.02 Å². The summed E-state index contributed by atoms with van der Waals surface area (Å²) in [5, 5.41) is 9.08. The first-order valence-corrected chi connectivity index (χ1v) is 5.67. The molecule has 0 aliphatic carbocycles. The van der Waals surface area contributed by atoms with Crippen LogP contribution in [0, 0.1) is 0 Å². The van der Waals surface area contributed by atoms with E-state index < -0.39 is 11.8 Å². The number of carbonyl (C=O) groups is 1. The zero-order valence-electron chi connectivity index (χ0n) is 9.62. The lowest BCUT2D eigenvalue weighted by atomic mass is 10.1. The molecule has 0 amide bonds. The molecule has 1 aliphatic heterocycles. The van der Waals surface area contributed by atoms with Crippen molar-refractivity contribution in [2.45, 2.75) is 32.5 Å². The molecule has 1 aromatic carbocycles. The molecule has 1 N–H and O–H groups in total. The van der Waals surface area contributed by atoms with Crippen molar-refractivity contribution in [3.63, 3.8) is 0 Å². The third-order valence-corrected chi connectivity index (χ3v) is 2.68. The normalized spacial score (nSPS) is 15.9. The molecule has 0 unspecified atom stereocenters. The summed E-state index contributed by atoms with van der Waals surface area (Å²) in [6, 6.07) is 3.49. The van der Waals surface area contributed by atoms with Gasteiger partial charge in [0, 0.05) is 20.3 Å². The Morgan fingerprint density at radius 3 is 2.76 bits per heavy atom. The molecule has 1 heterocycles. The van der Waals surface area contributed by atoms with Crippen LogP contribution in [-0.2, 0) is 11.2 Å². The number of hydrogen-bond acceptors (Lipinski definition) is 3. The molecule has 0 bridgehead atoms. The quantitative estimate of drug-likeness (QED) is 0.904. The Morgan fingerprint density at radius 1 is 1.41 bits per heavy atom. The van der Waals surface area contributed by atoms with E-state index in [0.29, 0.717) is 22.9 Å². The van der Waals surface area contributed by atoms with Gasteiger partial charge in [0.2, 0.25) is 5.79 Å². The smallest absolute Gasteiger partial charge is 0.303 e. The second kappa shape index (κ2) is 4.11. The van der Waals surface area contributed by atoms with E-state index in [4.69, 9.17) is 26.2 Å². The van der Waals surface area contributed by atoms with E-state index in [1.165, 1.54) is 0 Å². The van der Waals surface area contributed by atoms with Crippen molar-refractivity contribution in [3.05, 3.63) is 22.7 Å². The third-order valence-electron chi connectivity index (χ3n) is 2.40. The van der Waals surface area contributed by atoms with Crippen molar-refractivity contribution >= 4 is 17.6 Å². The lowest BCUT2D eigenvalue weighted by Crippen LogP contribution is -2.29. The summed E-state index contributed by atoms with van der Waals surface area (Å²) in [4.78, 5) is 10.5. The van der Waals surface area contributed by atoms with Crippen LogP contribution in [0.15, 0.2) is 12.1 Å². The number of benzene rings is 1. The molecular weight excluding hydrogens is 244 g/mol. The van der Waals surface area contributed by atoms with Gasteiger partial charge in [0.05, 0.1) is 5.02 Å². The average molecular weight is 257 g/mol. The highest BCUT2D eigenvalue weighted by molar-refractivity contribution is 6.32. The second-order valence-corrected chi connectivity index (χ2v) is 4.81. The molecule has 0 saturated heterocycles. The Hall–Kier alpha value is -1.42. The second-order valence-electron chi connectivity index (χ2n) is 4.40. The zero-order chi connectivity index (χ0) is 12.6. The molecule has 0 fully saturated rings. The Kier molecular flexibility index (Phi) is 2.91. The van der Waals surface area contributed by atoms with Gasteiger partial charge in [-0.05, 0) is 24.1 Å². The molecular formula is C12H13ClO4. The van der Waals surface area contributed by atoms with Crippen molar-refractivity contribution in [1.82, 2.24) is 0 Å². The van der Waals surface area contributed by atoms with E-state index in [1.807, 2.05) is 0 Å². The molecule has 1 aliphatic rings. The fourth-order valence-corrected chi connectivity index (χ4v) is 2.00. The summed E-state index contributed by atoms with van der Waals surface area (Å²) in [7, 11) is 0. The number of hydrogen-bond donors (Lipinski definition) is 1. The first-order chi connectivity index (χ1) is 7.87. The van der Waals surface area contributed by atoms with Crippen molar-refractivity contribution < 1.29 is 19.4 Å². The molecule has 17 heavy (non-hydrogen) atoms. The van der Waals surface area contributed by atoms with Gasteiger partial charge in [0.1, 0.15) is 0 Å². The van der Waals surface area contributed by atoms with Crippen LogP contribution < -0.4 is 9.47 Å². The number of aryl methyl sites for hydroxylation is 1. The third kappa shape index (κ3) is 2.64. The van der Waals surface area contributed by atoms with Crippen LogP contribution in [0.4, 0.5) is 0 Å². The number of rotatable bonds is 3. The molecule has 4 nitrogen and oxygen atoms in total. The van der Waals surface area contributed by atoms with E-state index in [2.05, 4.69) is 0 Å².